The van der Waals surface area contributed by atoms with Gasteiger partial charge in [0.1, 0.15) is 12.1 Å². The second kappa shape index (κ2) is 4.90. The third-order valence-corrected chi connectivity index (χ3v) is 2.62. The molecule has 1 aromatic rings. The lowest BCUT2D eigenvalue weighted by molar-refractivity contribution is 0.0384. The first-order chi connectivity index (χ1) is 7.76. The number of nitrogens with two attached hydrogens (primary N) is 1. The third kappa shape index (κ3) is 2.40. The standard InChI is InChI=1S/C10H17N3O3/c1-2-15-8(6-3-4-6)9-12-10(16-13-9)7(11)5-14/h6-8,14H,2-5,11H2,1H3/t7-,8?/m0/s1. The van der Waals surface area contributed by atoms with E-state index in [9.17, 15) is 0 Å². The minimum absolute atomic E-state index is 0.0895. The smallest absolute Gasteiger partial charge is 0.246 e. The first-order valence-corrected chi connectivity index (χ1v) is 5.57. The van der Waals surface area contributed by atoms with E-state index in [1.807, 2.05) is 6.92 Å². The van der Waals surface area contributed by atoms with Crippen LogP contribution in [-0.2, 0) is 4.74 Å². The quantitative estimate of drug-likeness (QED) is 0.737. The fourth-order valence-corrected chi connectivity index (χ4v) is 1.59. The summed E-state index contributed by atoms with van der Waals surface area (Å²) in [6.07, 6.45) is 2.19. The molecule has 0 aromatic carbocycles. The molecular formula is C10H17N3O3. The largest absolute Gasteiger partial charge is 0.394 e. The molecule has 0 saturated heterocycles. The van der Waals surface area contributed by atoms with E-state index in [0.29, 0.717) is 18.3 Å². The maximum Gasteiger partial charge on any atom is 0.246 e. The van der Waals surface area contributed by atoms with Crippen LogP contribution in [0.25, 0.3) is 0 Å². The Kier molecular flexibility index (Phi) is 3.52. The lowest BCUT2D eigenvalue weighted by Gasteiger charge is -2.11. The van der Waals surface area contributed by atoms with E-state index in [2.05, 4.69) is 10.1 Å². The molecule has 0 radical (unpaired) electrons. The monoisotopic (exact) mass is 227 g/mol. The van der Waals surface area contributed by atoms with Crippen molar-refractivity contribution >= 4 is 0 Å². The van der Waals surface area contributed by atoms with Crippen molar-refractivity contribution in [3.63, 3.8) is 0 Å². The van der Waals surface area contributed by atoms with Crippen LogP contribution in [0, 0.1) is 5.92 Å². The molecule has 1 aliphatic carbocycles. The van der Waals surface area contributed by atoms with Gasteiger partial charge in [0.15, 0.2) is 0 Å². The lowest BCUT2D eigenvalue weighted by atomic mass is 10.2. The lowest BCUT2D eigenvalue weighted by Crippen LogP contribution is -2.15. The first kappa shape index (κ1) is 11.5. The molecule has 90 valence electrons. The van der Waals surface area contributed by atoms with Crippen molar-refractivity contribution in [1.29, 1.82) is 0 Å². The van der Waals surface area contributed by atoms with Gasteiger partial charge in [-0.3, -0.25) is 0 Å². The van der Waals surface area contributed by atoms with Gasteiger partial charge in [-0.25, -0.2) is 0 Å². The molecule has 2 rings (SSSR count). The number of aliphatic hydroxyl groups is 1. The molecule has 1 unspecified atom stereocenters. The van der Waals surface area contributed by atoms with Crippen LogP contribution < -0.4 is 5.73 Å². The summed E-state index contributed by atoms with van der Waals surface area (Å²) in [5.41, 5.74) is 5.59. The topological polar surface area (TPSA) is 94.4 Å². The Hall–Kier alpha value is -0.980. The van der Waals surface area contributed by atoms with E-state index < -0.39 is 6.04 Å². The molecule has 1 saturated carbocycles. The van der Waals surface area contributed by atoms with Crippen LogP contribution in [0.3, 0.4) is 0 Å². The number of aliphatic hydroxyl groups excluding tert-OH is 1. The minimum Gasteiger partial charge on any atom is -0.394 e. The Labute approximate surface area is 93.8 Å². The Bertz CT molecular complexity index is 338. The number of hydrogen-bond acceptors (Lipinski definition) is 6. The van der Waals surface area contributed by atoms with E-state index in [1.165, 1.54) is 0 Å². The zero-order chi connectivity index (χ0) is 11.5. The van der Waals surface area contributed by atoms with Crippen molar-refractivity contribution in [3.05, 3.63) is 11.7 Å². The van der Waals surface area contributed by atoms with Gasteiger partial charge in [0, 0.05) is 6.61 Å². The summed E-state index contributed by atoms with van der Waals surface area (Å²) in [5, 5.41) is 12.7. The van der Waals surface area contributed by atoms with Crippen molar-refractivity contribution in [2.75, 3.05) is 13.2 Å². The predicted octanol–water partition coefficient (Wildman–Crippen LogP) is 0.549. The van der Waals surface area contributed by atoms with Crippen molar-refractivity contribution in [2.24, 2.45) is 11.7 Å². The SMILES string of the molecule is CCOC(c1noc([C@@H](N)CO)n1)C1CC1. The Morgan fingerprint density at radius 2 is 2.38 bits per heavy atom. The highest BCUT2D eigenvalue weighted by Gasteiger charge is 2.36. The van der Waals surface area contributed by atoms with Crippen molar-refractivity contribution < 1.29 is 14.4 Å². The fourth-order valence-electron chi connectivity index (χ4n) is 1.59. The second-order valence-corrected chi connectivity index (χ2v) is 3.99. The van der Waals surface area contributed by atoms with Gasteiger partial charge >= 0.3 is 0 Å². The Morgan fingerprint density at radius 1 is 1.62 bits per heavy atom. The van der Waals surface area contributed by atoms with Crippen molar-refractivity contribution in [1.82, 2.24) is 10.1 Å². The van der Waals surface area contributed by atoms with E-state index in [4.69, 9.17) is 20.1 Å². The molecule has 3 N–H and O–H groups in total. The summed E-state index contributed by atoms with van der Waals surface area (Å²) in [6, 6.07) is -0.609. The molecule has 0 bridgehead atoms. The molecule has 0 aliphatic heterocycles. The summed E-state index contributed by atoms with van der Waals surface area (Å²) >= 11 is 0. The van der Waals surface area contributed by atoms with Crippen LogP contribution in [0.1, 0.15) is 43.6 Å². The maximum atomic E-state index is 8.88. The van der Waals surface area contributed by atoms with E-state index in [1.54, 1.807) is 0 Å². The molecule has 6 heteroatoms. The molecule has 16 heavy (non-hydrogen) atoms. The van der Waals surface area contributed by atoms with Crippen LogP contribution >= 0.6 is 0 Å². The van der Waals surface area contributed by atoms with Crippen LogP contribution in [0.5, 0.6) is 0 Å². The molecule has 1 aliphatic rings. The summed E-state index contributed by atoms with van der Waals surface area (Å²) < 4.78 is 10.6. The molecular weight excluding hydrogens is 210 g/mol. The molecule has 6 nitrogen and oxygen atoms in total. The van der Waals surface area contributed by atoms with Crippen molar-refractivity contribution in [3.8, 4) is 0 Å². The van der Waals surface area contributed by atoms with E-state index in [-0.39, 0.29) is 18.6 Å². The first-order valence-electron chi connectivity index (χ1n) is 5.57. The molecule has 1 fully saturated rings. The summed E-state index contributed by atoms with van der Waals surface area (Å²) in [4.78, 5) is 4.17. The van der Waals surface area contributed by atoms with Gasteiger partial charge in [-0.2, -0.15) is 4.98 Å². The highest BCUT2D eigenvalue weighted by molar-refractivity contribution is 5.00. The Morgan fingerprint density at radius 3 is 2.94 bits per heavy atom. The second-order valence-electron chi connectivity index (χ2n) is 3.99. The van der Waals surface area contributed by atoms with Gasteiger partial charge in [-0.15, -0.1) is 0 Å². The molecule has 1 heterocycles. The van der Waals surface area contributed by atoms with Crippen LogP contribution in [0.4, 0.5) is 0 Å². The summed E-state index contributed by atoms with van der Waals surface area (Å²) in [6.45, 7) is 2.36. The summed E-state index contributed by atoms with van der Waals surface area (Å²) in [5.74, 6) is 1.31. The number of aromatic nitrogens is 2. The van der Waals surface area contributed by atoms with Crippen LogP contribution in [0.2, 0.25) is 0 Å². The van der Waals surface area contributed by atoms with E-state index >= 15 is 0 Å². The van der Waals surface area contributed by atoms with Gasteiger partial charge in [-0.05, 0) is 25.7 Å². The highest BCUT2D eigenvalue weighted by atomic mass is 16.5. The minimum atomic E-state index is -0.609. The third-order valence-electron chi connectivity index (χ3n) is 2.62. The molecule has 0 amide bonds. The van der Waals surface area contributed by atoms with E-state index in [0.717, 1.165) is 12.8 Å². The zero-order valence-corrected chi connectivity index (χ0v) is 9.30. The van der Waals surface area contributed by atoms with Gasteiger partial charge in [0.05, 0.1) is 6.61 Å². The maximum absolute atomic E-state index is 8.88. The van der Waals surface area contributed by atoms with Crippen LogP contribution in [0.15, 0.2) is 4.52 Å². The average molecular weight is 227 g/mol. The number of nitrogens with zero attached hydrogens (tertiary/aromatic N) is 2. The predicted molar refractivity (Wildman–Crippen MR) is 55.4 cm³/mol. The number of ether oxygens (including phenoxy) is 1. The van der Waals surface area contributed by atoms with Gasteiger partial charge < -0.3 is 20.1 Å². The zero-order valence-electron chi connectivity index (χ0n) is 9.30. The number of rotatable bonds is 6. The average Bonchev–Trinajstić information content (AvgIpc) is 3.02. The normalized spacial score (nSPS) is 19.7. The molecule has 2 atom stereocenters. The fraction of sp³-hybridized carbons (Fsp3) is 0.800. The molecule has 1 aromatic heterocycles. The van der Waals surface area contributed by atoms with Crippen LogP contribution in [-0.4, -0.2) is 28.5 Å². The highest BCUT2D eigenvalue weighted by Crippen LogP contribution is 2.42. The van der Waals surface area contributed by atoms with Gasteiger partial charge in [-0.1, -0.05) is 5.16 Å². The number of hydrogen-bond donors (Lipinski definition) is 2. The van der Waals surface area contributed by atoms with Crippen molar-refractivity contribution in [2.45, 2.75) is 31.9 Å². The molecule has 0 spiro atoms. The van der Waals surface area contributed by atoms with Gasteiger partial charge in [0.2, 0.25) is 11.7 Å². The van der Waals surface area contributed by atoms with Gasteiger partial charge in [0.25, 0.3) is 0 Å². The Balaban J connectivity index is 2.09. The summed E-state index contributed by atoms with van der Waals surface area (Å²) in [7, 11) is 0.